The molecule has 4 rings (SSSR count). The molecule has 1 unspecified atom stereocenters. The fraction of sp³-hybridized carbons (Fsp3) is 0.471. The van der Waals surface area contributed by atoms with E-state index in [-0.39, 0.29) is 30.1 Å². The number of rotatable bonds is 24. The maximum Gasteiger partial charge on any atom is 0.326 e. The minimum Gasteiger partial charge on any atom is -0.496 e. The Bertz CT molecular complexity index is 2290. The van der Waals surface area contributed by atoms with Crippen LogP contribution in [0.2, 0.25) is 0 Å². The molecule has 0 heterocycles. The summed E-state index contributed by atoms with van der Waals surface area (Å²) in [5.74, 6) is 2.47. The number of carboxylic acid groups (broad SMARTS) is 1. The lowest BCUT2D eigenvalue weighted by Crippen LogP contribution is -2.53. The normalized spacial score (nSPS) is 12.5. The van der Waals surface area contributed by atoms with E-state index < -0.39 is 24.0 Å². The number of aryl methyl sites for hydroxylation is 1. The first-order valence-electron chi connectivity index (χ1n) is 21.7. The number of carbonyl (C=O) groups is 3. The summed E-state index contributed by atoms with van der Waals surface area (Å²) in [4.78, 5) is 38.8. The molecule has 0 bridgehead atoms. The number of carboxylic acids is 1. The van der Waals surface area contributed by atoms with Gasteiger partial charge < -0.3 is 53.6 Å². The minimum atomic E-state index is -1.13. The van der Waals surface area contributed by atoms with Gasteiger partial charge in [0, 0.05) is 49.9 Å². The number of carbonyl (C=O) groups excluding carboxylic acids is 2. The van der Waals surface area contributed by atoms with E-state index >= 15 is 0 Å². The molecule has 0 fully saturated rings. The van der Waals surface area contributed by atoms with Gasteiger partial charge in [0.25, 0.3) is 0 Å². The predicted molar refractivity (Wildman–Crippen MR) is 250 cm³/mol. The Morgan fingerprint density at radius 2 is 0.877 bits per heavy atom. The zero-order chi connectivity index (χ0) is 48.1. The average Bonchev–Trinajstić information content (AvgIpc) is 3.27. The Balaban J connectivity index is 1.70. The number of nitrogens with one attached hydrogen (secondary N) is 2. The second-order valence-corrected chi connectivity index (χ2v) is 16.9. The van der Waals surface area contributed by atoms with E-state index in [0.717, 1.165) is 50.3 Å². The smallest absolute Gasteiger partial charge is 0.326 e. The van der Waals surface area contributed by atoms with Gasteiger partial charge in [0.15, 0.2) is 0 Å². The van der Waals surface area contributed by atoms with Gasteiger partial charge in [0.05, 0.1) is 56.9 Å². The van der Waals surface area contributed by atoms with Crippen molar-refractivity contribution in [1.82, 2.24) is 10.6 Å². The average molecular weight is 901 g/mol. The van der Waals surface area contributed by atoms with Crippen molar-refractivity contribution in [2.75, 3.05) is 56.9 Å². The van der Waals surface area contributed by atoms with Crippen LogP contribution in [0.4, 0.5) is 0 Å². The third-order valence-corrected chi connectivity index (χ3v) is 11.6. The van der Waals surface area contributed by atoms with Gasteiger partial charge in [-0.15, -0.1) is 0 Å². The van der Waals surface area contributed by atoms with Crippen molar-refractivity contribution in [2.45, 2.75) is 91.6 Å². The number of aliphatic carboxylic acids is 1. The molecule has 0 radical (unpaired) electrons. The lowest BCUT2D eigenvalue weighted by Gasteiger charge is -2.25. The molecule has 14 heteroatoms. The third kappa shape index (κ3) is 12.9. The molecule has 3 N–H and O–H groups in total. The Morgan fingerprint density at radius 3 is 1.25 bits per heavy atom. The maximum absolute atomic E-state index is 13.6. The lowest BCUT2D eigenvalue weighted by atomic mass is 9.91. The summed E-state index contributed by atoms with van der Waals surface area (Å²) in [6, 6.07) is 13.7. The number of hydrogen-bond donors (Lipinski definition) is 3. The molecule has 4 aromatic rings. The summed E-state index contributed by atoms with van der Waals surface area (Å²) < 4.78 is 46.7. The molecule has 0 aliphatic heterocycles. The Morgan fingerprint density at radius 1 is 0.508 bits per heavy atom. The van der Waals surface area contributed by atoms with Crippen molar-refractivity contribution in [2.24, 2.45) is 11.8 Å². The zero-order valence-electron chi connectivity index (χ0n) is 40.5. The molecule has 14 nitrogen and oxygen atoms in total. The summed E-state index contributed by atoms with van der Waals surface area (Å²) >= 11 is 0. The number of amides is 2. The molecule has 65 heavy (non-hydrogen) atoms. The number of hydrogen-bond acceptors (Lipinski definition) is 11. The Kier molecular flexibility index (Phi) is 18.6. The largest absolute Gasteiger partial charge is 0.496 e. The first kappa shape index (κ1) is 51.3. The van der Waals surface area contributed by atoms with Crippen molar-refractivity contribution in [3.63, 3.8) is 0 Å². The predicted octanol–water partition coefficient (Wildman–Crippen LogP) is 8.09. The van der Waals surface area contributed by atoms with Crippen LogP contribution < -0.4 is 48.5 Å². The van der Waals surface area contributed by atoms with Crippen molar-refractivity contribution < 1.29 is 57.4 Å². The molecule has 3 atom stereocenters. The SMILES string of the molecule is COc1cc(OC)c(Cc2cc(Cc3cc(Cc4cc(C(C)CC(=O)N[C@H](CC(C)C)C(=O)N[C@@H](C(=O)O)C(C)C)c(OC)cc4OC)c(OC)cc3OC)c(OC)cc2OC)cc1C. The molecule has 0 saturated heterocycles. The van der Waals surface area contributed by atoms with Gasteiger partial charge in [-0.2, -0.15) is 0 Å². The fourth-order valence-electron chi connectivity index (χ4n) is 8.15. The minimum absolute atomic E-state index is 0.0308. The Labute approximate surface area is 384 Å². The van der Waals surface area contributed by atoms with Crippen LogP contribution in [-0.4, -0.2) is 91.9 Å². The molecule has 4 aromatic carbocycles. The van der Waals surface area contributed by atoms with E-state index in [1.54, 1.807) is 70.7 Å². The summed E-state index contributed by atoms with van der Waals surface area (Å²) in [6.45, 7) is 11.2. The highest BCUT2D eigenvalue weighted by molar-refractivity contribution is 5.90. The van der Waals surface area contributed by atoms with Crippen molar-refractivity contribution in [1.29, 1.82) is 0 Å². The number of methoxy groups -OCH3 is 8. The molecule has 354 valence electrons. The van der Waals surface area contributed by atoms with Crippen LogP contribution in [0.5, 0.6) is 46.0 Å². The highest BCUT2D eigenvalue weighted by Gasteiger charge is 2.30. The second kappa shape index (κ2) is 23.6. The molecule has 0 aliphatic rings. The molecular formula is C51H68N2O12. The quantitative estimate of drug-likeness (QED) is 0.0619. The molecule has 0 aromatic heterocycles. The van der Waals surface area contributed by atoms with Crippen molar-refractivity contribution in [3.05, 3.63) is 93.0 Å². The molecule has 2 amide bonds. The maximum atomic E-state index is 13.6. The van der Waals surface area contributed by atoms with E-state index in [9.17, 15) is 19.5 Å². The van der Waals surface area contributed by atoms with Gasteiger partial charge in [0.1, 0.15) is 58.1 Å². The van der Waals surface area contributed by atoms with Crippen LogP contribution in [0.25, 0.3) is 0 Å². The standard InChI is InChI=1S/C51H68N2O12/c1-28(2)15-39(50(55)53-49(29(3)4)51(56)57)52-48(54)17-30(5)38-23-37(46(64-13)27-47(38)65-14)22-36-21-35(44(62-11)26-45(36)63-12)20-34-19-33(42(60-9)25-43(34)61-10)18-32-16-31(6)40(58-7)24-41(32)59-8/h16,19,21,23-30,39,49H,15,17-18,20,22H2,1-14H3,(H,52,54)(H,53,55)(H,56,57)/t30?,39-,49-/m1/s1. The molecule has 0 saturated carbocycles. The lowest BCUT2D eigenvalue weighted by molar-refractivity contribution is -0.143. The highest BCUT2D eigenvalue weighted by atomic mass is 16.5. The van der Waals surface area contributed by atoms with Gasteiger partial charge in [-0.05, 0) is 99.9 Å². The van der Waals surface area contributed by atoms with Gasteiger partial charge in [-0.1, -0.05) is 34.6 Å². The zero-order valence-corrected chi connectivity index (χ0v) is 40.5. The van der Waals surface area contributed by atoms with E-state index in [4.69, 9.17) is 37.9 Å². The third-order valence-electron chi connectivity index (χ3n) is 11.6. The van der Waals surface area contributed by atoms with Gasteiger partial charge in [-0.3, -0.25) is 9.59 Å². The van der Waals surface area contributed by atoms with E-state index in [1.165, 1.54) is 0 Å². The number of benzene rings is 4. The van der Waals surface area contributed by atoms with E-state index in [2.05, 4.69) is 28.8 Å². The second-order valence-electron chi connectivity index (χ2n) is 16.9. The summed E-state index contributed by atoms with van der Waals surface area (Å²) in [5.41, 5.74) is 7.14. The number of ether oxygens (including phenoxy) is 8. The summed E-state index contributed by atoms with van der Waals surface area (Å²) in [7, 11) is 12.9. The van der Waals surface area contributed by atoms with Crippen molar-refractivity contribution >= 4 is 17.8 Å². The summed E-state index contributed by atoms with van der Waals surface area (Å²) in [5, 5.41) is 15.2. The van der Waals surface area contributed by atoms with Crippen LogP contribution in [0.1, 0.15) is 97.9 Å². The van der Waals surface area contributed by atoms with Crippen LogP contribution in [0, 0.1) is 18.8 Å². The fourth-order valence-corrected chi connectivity index (χ4v) is 8.15. The topological polar surface area (TPSA) is 169 Å². The first-order chi connectivity index (χ1) is 30.9. The first-order valence-corrected chi connectivity index (χ1v) is 21.7. The van der Waals surface area contributed by atoms with Crippen LogP contribution in [0.3, 0.4) is 0 Å². The van der Waals surface area contributed by atoms with Gasteiger partial charge in [0.2, 0.25) is 11.8 Å². The van der Waals surface area contributed by atoms with Gasteiger partial charge in [-0.25, -0.2) is 4.79 Å². The van der Waals surface area contributed by atoms with E-state index in [1.807, 2.05) is 58.0 Å². The molecule has 0 spiro atoms. The Hall–Kier alpha value is -6.31. The van der Waals surface area contributed by atoms with Crippen molar-refractivity contribution in [3.8, 4) is 46.0 Å². The van der Waals surface area contributed by atoms with Crippen LogP contribution in [0.15, 0.2) is 48.5 Å². The molecule has 0 aliphatic carbocycles. The van der Waals surface area contributed by atoms with Gasteiger partial charge >= 0.3 is 5.97 Å². The monoisotopic (exact) mass is 900 g/mol. The molecular weight excluding hydrogens is 833 g/mol. The summed E-state index contributed by atoms with van der Waals surface area (Å²) in [6.07, 6.45) is 1.73. The highest BCUT2D eigenvalue weighted by Crippen LogP contribution is 2.41. The van der Waals surface area contributed by atoms with Crippen LogP contribution >= 0.6 is 0 Å². The van der Waals surface area contributed by atoms with Crippen LogP contribution in [-0.2, 0) is 33.6 Å². The van der Waals surface area contributed by atoms with E-state index in [0.29, 0.717) is 65.9 Å².